The van der Waals surface area contributed by atoms with Crippen molar-refractivity contribution in [1.82, 2.24) is 15.2 Å². The Morgan fingerprint density at radius 1 is 1.28 bits per heavy atom. The van der Waals surface area contributed by atoms with Crippen molar-refractivity contribution in [3.05, 3.63) is 59.3 Å². The van der Waals surface area contributed by atoms with E-state index in [0.29, 0.717) is 40.7 Å². The fraction of sp³-hybridized carbons (Fsp3) is 0.379. The summed E-state index contributed by atoms with van der Waals surface area (Å²) in [6.07, 6.45) is 0.667. The van der Waals surface area contributed by atoms with E-state index in [2.05, 4.69) is 21.7 Å². The predicted octanol–water partition coefficient (Wildman–Crippen LogP) is 2.68. The second-order valence-corrected chi connectivity index (χ2v) is 10.7. The number of carbonyl (C=O) groups is 3. The number of hydrogen-bond acceptors (Lipinski definition) is 6. The first-order valence-electron chi connectivity index (χ1n) is 12.9. The molecule has 3 atom stereocenters. The number of aromatic nitrogens is 1. The summed E-state index contributed by atoms with van der Waals surface area (Å²) in [5.41, 5.74) is 1.76. The standard InChI is InChI=1S/C29H31N5O5/c1-16(2)8-24(32-26(36)23-11-19-22(31-23)9-17(13-30)10-25(19)39-3)27(37)34-15-29(12-18(34)14-35)20-6-4-5-7-21(20)33-28(29)38/h4-7,9-11,16,18,24,31,35H,8,12,14-15H2,1-3H3,(H,32,36)(H,33,38)/t18-,24-,29-/m0/s1. The van der Waals surface area contributed by atoms with Gasteiger partial charge in [-0.2, -0.15) is 5.26 Å². The molecule has 10 nitrogen and oxygen atoms in total. The van der Waals surface area contributed by atoms with Crippen LogP contribution in [0.5, 0.6) is 5.75 Å². The molecule has 0 saturated carbocycles. The van der Waals surface area contributed by atoms with Gasteiger partial charge in [-0.15, -0.1) is 0 Å². The third kappa shape index (κ3) is 4.49. The van der Waals surface area contributed by atoms with E-state index in [1.54, 1.807) is 23.1 Å². The number of nitriles is 1. The number of nitrogens with zero attached hydrogens (tertiary/aromatic N) is 2. The van der Waals surface area contributed by atoms with Crippen molar-refractivity contribution in [3.63, 3.8) is 0 Å². The molecule has 1 fully saturated rings. The summed E-state index contributed by atoms with van der Waals surface area (Å²) in [6.45, 7) is 3.73. The topological polar surface area (TPSA) is 148 Å². The number of carbonyl (C=O) groups excluding carboxylic acids is 3. The lowest BCUT2D eigenvalue weighted by Crippen LogP contribution is -2.52. The van der Waals surface area contributed by atoms with Crippen LogP contribution < -0.4 is 15.4 Å². The molecule has 0 aliphatic carbocycles. The van der Waals surface area contributed by atoms with Gasteiger partial charge >= 0.3 is 0 Å². The molecule has 4 N–H and O–H groups in total. The number of nitrogens with one attached hydrogen (secondary N) is 3. The first-order valence-corrected chi connectivity index (χ1v) is 12.9. The van der Waals surface area contributed by atoms with Crippen molar-refractivity contribution < 1.29 is 24.2 Å². The van der Waals surface area contributed by atoms with Gasteiger partial charge < -0.3 is 30.4 Å². The molecule has 10 heteroatoms. The molecule has 0 unspecified atom stereocenters. The highest BCUT2D eigenvalue weighted by Gasteiger charge is 2.56. The first kappa shape index (κ1) is 26.3. The normalized spacial score (nSPS) is 20.7. The van der Waals surface area contributed by atoms with Crippen LogP contribution in [0.3, 0.4) is 0 Å². The molecule has 2 aliphatic rings. The van der Waals surface area contributed by atoms with Crippen molar-refractivity contribution in [2.75, 3.05) is 25.6 Å². The molecule has 1 aromatic heterocycles. The number of amides is 3. The highest BCUT2D eigenvalue weighted by molar-refractivity contribution is 6.07. The summed E-state index contributed by atoms with van der Waals surface area (Å²) in [5, 5.41) is 25.9. The molecule has 2 aromatic carbocycles. The van der Waals surface area contributed by atoms with E-state index in [9.17, 15) is 24.8 Å². The number of likely N-dealkylation sites (tertiary alicyclic amines) is 1. The number of anilines is 1. The van der Waals surface area contributed by atoms with E-state index < -0.39 is 23.4 Å². The maximum Gasteiger partial charge on any atom is 0.268 e. The smallest absolute Gasteiger partial charge is 0.268 e. The van der Waals surface area contributed by atoms with E-state index in [1.165, 1.54) is 7.11 Å². The van der Waals surface area contributed by atoms with Crippen LogP contribution in [0, 0.1) is 17.2 Å². The van der Waals surface area contributed by atoms with E-state index in [4.69, 9.17) is 4.74 Å². The molecule has 1 saturated heterocycles. The quantitative estimate of drug-likeness (QED) is 0.370. The zero-order valence-corrected chi connectivity index (χ0v) is 22.1. The summed E-state index contributed by atoms with van der Waals surface area (Å²) in [4.78, 5) is 45.0. The summed E-state index contributed by atoms with van der Waals surface area (Å²) in [7, 11) is 1.49. The Hall–Kier alpha value is -4.36. The molecule has 3 aromatic rings. The number of fused-ring (bicyclic) bond motifs is 3. The number of benzene rings is 2. The van der Waals surface area contributed by atoms with E-state index in [-0.39, 0.29) is 36.6 Å². The number of aromatic amines is 1. The Morgan fingerprint density at radius 3 is 2.74 bits per heavy atom. The lowest BCUT2D eigenvalue weighted by Gasteiger charge is -2.29. The summed E-state index contributed by atoms with van der Waals surface area (Å²) < 4.78 is 5.39. The second-order valence-electron chi connectivity index (χ2n) is 10.7. The van der Waals surface area contributed by atoms with Crippen molar-refractivity contribution >= 4 is 34.3 Å². The number of aliphatic hydroxyl groups is 1. The van der Waals surface area contributed by atoms with Gasteiger partial charge in [0.05, 0.1) is 42.3 Å². The Kier molecular flexibility index (Phi) is 6.78. The number of para-hydroxylation sites is 1. The second kappa shape index (κ2) is 10.1. The minimum atomic E-state index is -0.946. The number of aliphatic hydroxyl groups excluding tert-OH is 1. The van der Waals surface area contributed by atoms with Gasteiger partial charge in [-0.25, -0.2) is 0 Å². The summed E-state index contributed by atoms with van der Waals surface area (Å²) in [5.74, 6) is -0.474. The number of ether oxygens (including phenoxy) is 1. The van der Waals surface area contributed by atoms with E-state index in [1.807, 2.05) is 38.1 Å². The predicted molar refractivity (Wildman–Crippen MR) is 144 cm³/mol. The van der Waals surface area contributed by atoms with Gasteiger partial charge in [-0.3, -0.25) is 14.4 Å². The van der Waals surface area contributed by atoms with Crippen LogP contribution in [0.4, 0.5) is 5.69 Å². The highest BCUT2D eigenvalue weighted by Crippen LogP contribution is 2.46. The zero-order valence-electron chi connectivity index (χ0n) is 22.1. The van der Waals surface area contributed by atoms with Crippen LogP contribution in [0.1, 0.15) is 48.3 Å². The van der Waals surface area contributed by atoms with Crippen LogP contribution in [-0.2, 0) is 15.0 Å². The summed E-state index contributed by atoms with van der Waals surface area (Å²) in [6, 6.07) is 12.9. The maximum atomic E-state index is 13.9. The molecule has 3 amide bonds. The number of H-pyrrole nitrogens is 1. The maximum absolute atomic E-state index is 13.9. The summed E-state index contributed by atoms with van der Waals surface area (Å²) >= 11 is 0. The largest absolute Gasteiger partial charge is 0.496 e. The Morgan fingerprint density at radius 2 is 2.05 bits per heavy atom. The van der Waals surface area contributed by atoms with E-state index in [0.717, 1.165) is 5.56 Å². The van der Waals surface area contributed by atoms with Crippen molar-refractivity contribution in [3.8, 4) is 11.8 Å². The number of methoxy groups -OCH3 is 1. The molecule has 3 heterocycles. The zero-order chi connectivity index (χ0) is 27.9. The van der Waals surface area contributed by atoms with Crippen LogP contribution in [0.15, 0.2) is 42.5 Å². The minimum absolute atomic E-state index is 0.0832. The van der Waals surface area contributed by atoms with Gasteiger partial charge in [0, 0.05) is 17.6 Å². The number of hydrogen-bond donors (Lipinski definition) is 4. The monoisotopic (exact) mass is 529 g/mol. The highest BCUT2D eigenvalue weighted by atomic mass is 16.5. The number of rotatable bonds is 7. The van der Waals surface area contributed by atoms with E-state index >= 15 is 0 Å². The van der Waals surface area contributed by atoms with Crippen molar-refractivity contribution in [2.24, 2.45) is 5.92 Å². The van der Waals surface area contributed by atoms with Crippen LogP contribution in [-0.4, -0.2) is 65.1 Å². The van der Waals surface area contributed by atoms with Crippen LogP contribution in [0.2, 0.25) is 0 Å². The fourth-order valence-corrected chi connectivity index (χ4v) is 5.84. The lowest BCUT2D eigenvalue weighted by atomic mass is 9.79. The molecule has 202 valence electrons. The van der Waals surface area contributed by atoms with Gasteiger partial charge in [0.25, 0.3) is 5.91 Å². The SMILES string of the molecule is COc1cc(C#N)cc2[nH]c(C(=O)N[C@@H](CC(C)C)C(=O)N3C[C@]4(C[C@H]3CO)C(=O)Nc3ccccc34)cc12. The van der Waals surface area contributed by atoms with Gasteiger partial charge in [-0.05, 0) is 48.6 Å². The van der Waals surface area contributed by atoms with Gasteiger partial charge in [0.1, 0.15) is 17.5 Å². The van der Waals surface area contributed by atoms with Gasteiger partial charge in [0.15, 0.2) is 0 Å². The Balaban J connectivity index is 1.42. The lowest BCUT2D eigenvalue weighted by molar-refractivity contribution is -0.135. The van der Waals surface area contributed by atoms with Gasteiger partial charge in [0.2, 0.25) is 11.8 Å². The third-order valence-electron chi connectivity index (χ3n) is 7.69. The average molecular weight is 530 g/mol. The molecule has 1 spiro atoms. The molecule has 0 radical (unpaired) electrons. The Bertz CT molecular complexity index is 1510. The minimum Gasteiger partial charge on any atom is -0.496 e. The molecule has 2 aliphatic heterocycles. The fourth-order valence-electron chi connectivity index (χ4n) is 5.84. The van der Waals surface area contributed by atoms with Gasteiger partial charge in [-0.1, -0.05) is 32.0 Å². The Labute approximate surface area is 225 Å². The molecule has 39 heavy (non-hydrogen) atoms. The third-order valence-corrected chi connectivity index (χ3v) is 7.69. The van der Waals surface area contributed by atoms with Crippen LogP contribution >= 0.6 is 0 Å². The molecular weight excluding hydrogens is 498 g/mol. The van der Waals surface area contributed by atoms with Crippen molar-refractivity contribution in [1.29, 1.82) is 5.26 Å². The molecule has 5 rings (SSSR count). The first-order chi connectivity index (χ1) is 18.7. The van der Waals surface area contributed by atoms with Crippen LogP contribution in [0.25, 0.3) is 10.9 Å². The average Bonchev–Trinajstić information content (AvgIpc) is 3.61. The van der Waals surface area contributed by atoms with Crippen molar-refractivity contribution in [2.45, 2.75) is 44.2 Å². The molecule has 0 bridgehead atoms. The molecular formula is C29H31N5O5.